The maximum Gasteiger partial charge on any atom is 0.386 e. The number of rotatable bonds is 8. The average Bonchev–Trinajstić information content (AvgIpc) is 3.70. The van der Waals surface area contributed by atoms with Crippen LogP contribution in [0.25, 0.3) is 22.3 Å². The molecule has 0 bridgehead atoms. The number of aliphatic hydroxyl groups excluding tert-OH is 2. The second-order valence-electron chi connectivity index (χ2n) is 9.32. The van der Waals surface area contributed by atoms with Gasteiger partial charge in [0, 0.05) is 0 Å². The lowest BCUT2D eigenvalue weighted by atomic mass is 10.1. The quantitative estimate of drug-likeness (QED) is 0.0930. The minimum Gasteiger partial charge on any atom is -0.394 e. The number of fused-ring (bicyclic) bond motifs is 2. The Hall–Kier alpha value is -3.37. The summed E-state index contributed by atoms with van der Waals surface area (Å²) in [7, 11) is 0. The van der Waals surface area contributed by atoms with Crippen molar-refractivity contribution in [1.29, 1.82) is 0 Å². The van der Waals surface area contributed by atoms with Crippen molar-refractivity contribution in [2.24, 2.45) is 0 Å². The molecule has 2 saturated heterocycles. The number of nitrogen functional groups attached to an aromatic ring is 1. The van der Waals surface area contributed by atoms with E-state index in [4.69, 9.17) is 24.3 Å². The van der Waals surface area contributed by atoms with E-state index in [0.717, 1.165) is 17.2 Å². The van der Waals surface area contributed by atoms with E-state index >= 15 is 8.78 Å². The average molecular weight is 634 g/mol. The number of anilines is 1. The number of aromatic amines is 2. The number of H-pyrrole nitrogens is 2. The second-order valence-corrected chi connectivity index (χ2v) is 12.2. The van der Waals surface area contributed by atoms with Gasteiger partial charge in [0.05, 0.1) is 25.9 Å². The molecular formula is C19H21F2N10O9PS. The molecule has 2 aliphatic heterocycles. The fraction of sp³-hybridized carbons (Fsp3) is 0.526. The maximum absolute atomic E-state index is 15.9. The van der Waals surface area contributed by atoms with Gasteiger partial charge in [-0.1, -0.05) is 17.5 Å². The van der Waals surface area contributed by atoms with Crippen LogP contribution < -0.4 is 16.9 Å². The molecule has 4 aromatic rings. The molecule has 6 heterocycles. The van der Waals surface area contributed by atoms with Crippen LogP contribution in [0.1, 0.15) is 6.23 Å². The van der Waals surface area contributed by atoms with Crippen molar-refractivity contribution in [3.05, 3.63) is 33.4 Å². The molecule has 6 N–H and O–H groups in total. The van der Waals surface area contributed by atoms with Crippen molar-refractivity contribution >= 4 is 47.3 Å². The molecule has 0 radical (unpaired) electrons. The van der Waals surface area contributed by atoms with Gasteiger partial charge in [0.15, 0.2) is 34.7 Å². The minimum atomic E-state index is -4.52. The summed E-state index contributed by atoms with van der Waals surface area (Å²) in [5.74, 6) is -3.02. The topological polar surface area (TPSA) is 260 Å². The van der Waals surface area contributed by atoms with Gasteiger partial charge in [0.2, 0.25) is 5.95 Å². The lowest BCUT2D eigenvalue weighted by molar-refractivity contribution is -0.0557. The Morgan fingerprint density at radius 2 is 2.05 bits per heavy atom. The smallest absolute Gasteiger partial charge is 0.386 e. The molecule has 2 fully saturated rings. The molecule has 0 amide bonds. The van der Waals surface area contributed by atoms with E-state index in [1.165, 1.54) is 0 Å². The number of aromatic nitrogens is 9. The normalized spacial score (nSPS) is 31.3. The summed E-state index contributed by atoms with van der Waals surface area (Å²) in [5, 5.41) is 27.4. The number of hydrogen-bond donors (Lipinski definition) is 6. The lowest BCUT2D eigenvalue weighted by Crippen LogP contribution is -2.44. The summed E-state index contributed by atoms with van der Waals surface area (Å²) < 4.78 is 67.4. The summed E-state index contributed by atoms with van der Waals surface area (Å²) in [6.45, 7) is -6.85. The van der Waals surface area contributed by atoms with Crippen molar-refractivity contribution < 1.29 is 42.1 Å². The van der Waals surface area contributed by atoms with Crippen molar-refractivity contribution in [2.75, 3.05) is 25.6 Å². The van der Waals surface area contributed by atoms with Crippen molar-refractivity contribution in [2.45, 2.75) is 42.6 Å². The van der Waals surface area contributed by atoms with E-state index in [2.05, 4.69) is 47.5 Å². The Bertz CT molecular complexity index is 1820. The number of nitrogens with two attached hydrogens (primary N) is 1. The molecule has 4 aromatic heterocycles. The number of imidazole rings is 1. The van der Waals surface area contributed by atoms with Crippen molar-refractivity contribution in [3.8, 4) is 0 Å². The summed E-state index contributed by atoms with van der Waals surface area (Å²) in [5.41, 5.74) is 3.41. The van der Waals surface area contributed by atoms with E-state index in [1.54, 1.807) is 0 Å². The van der Waals surface area contributed by atoms with Crippen molar-refractivity contribution in [3.63, 3.8) is 0 Å². The summed E-state index contributed by atoms with van der Waals surface area (Å²) in [6, 6.07) is 0. The van der Waals surface area contributed by atoms with Gasteiger partial charge >= 0.3 is 6.80 Å². The van der Waals surface area contributed by atoms with Crippen LogP contribution in [-0.4, -0.2) is 105 Å². The molecule has 0 spiro atoms. The number of nitrogens with zero attached hydrogens (tertiary/aromatic N) is 7. The Labute approximate surface area is 235 Å². The molecule has 0 aromatic carbocycles. The highest BCUT2D eigenvalue weighted by atomic mass is 32.7. The van der Waals surface area contributed by atoms with Crippen molar-refractivity contribution in [1.82, 2.24) is 44.5 Å². The molecule has 23 heteroatoms. The highest BCUT2D eigenvalue weighted by Gasteiger charge is 2.55. The van der Waals surface area contributed by atoms with Crippen LogP contribution in [0.2, 0.25) is 0 Å². The lowest BCUT2D eigenvalue weighted by Gasteiger charge is -2.26. The van der Waals surface area contributed by atoms with Crippen LogP contribution in [0, 0.1) is 0 Å². The van der Waals surface area contributed by atoms with Crippen LogP contribution in [0.5, 0.6) is 0 Å². The third-order valence-electron chi connectivity index (χ3n) is 6.73. The van der Waals surface area contributed by atoms with Gasteiger partial charge in [-0.3, -0.25) is 28.2 Å². The fourth-order valence-electron chi connectivity index (χ4n) is 4.68. The molecule has 19 nitrogen and oxygen atoms in total. The molecule has 0 aliphatic carbocycles. The number of ether oxygens (including phenoxy) is 2. The van der Waals surface area contributed by atoms with E-state index in [9.17, 15) is 24.4 Å². The number of thiol groups is 1. The van der Waals surface area contributed by atoms with E-state index in [1.807, 2.05) is 0 Å². The predicted octanol–water partition coefficient (Wildman–Crippen LogP) is -1.72. The predicted molar refractivity (Wildman–Crippen MR) is 137 cm³/mol. The zero-order chi connectivity index (χ0) is 30.0. The molecular weight excluding hydrogens is 613 g/mol. The summed E-state index contributed by atoms with van der Waals surface area (Å²) in [4.78, 5) is 40.3. The number of hydrogen-bond acceptors (Lipinski definition) is 15. The molecule has 1 unspecified atom stereocenters. The van der Waals surface area contributed by atoms with Crippen LogP contribution in [0.3, 0.4) is 0 Å². The first-order valence-corrected chi connectivity index (χ1v) is 14.7. The number of alkyl halides is 2. The van der Waals surface area contributed by atoms with Gasteiger partial charge in [0.25, 0.3) is 16.9 Å². The van der Waals surface area contributed by atoms with Gasteiger partial charge in [0.1, 0.15) is 31.0 Å². The van der Waals surface area contributed by atoms with Crippen LogP contribution >= 0.6 is 19.0 Å². The van der Waals surface area contributed by atoms with Gasteiger partial charge in [-0.2, -0.15) is 9.67 Å². The minimum absolute atomic E-state index is 0.116. The molecule has 6 rings (SSSR count). The number of halogens is 2. The van der Waals surface area contributed by atoms with Gasteiger partial charge < -0.3 is 30.4 Å². The largest absolute Gasteiger partial charge is 0.394 e. The zero-order valence-electron chi connectivity index (χ0n) is 20.9. The van der Waals surface area contributed by atoms with Crippen LogP contribution in [0.4, 0.5) is 14.7 Å². The van der Waals surface area contributed by atoms with Gasteiger partial charge in [-0.05, 0) is 0 Å². The van der Waals surface area contributed by atoms with Crippen LogP contribution in [-0.2, 0) is 28.9 Å². The molecule has 2 aliphatic rings. The van der Waals surface area contributed by atoms with Gasteiger partial charge in [-0.25, -0.2) is 23.3 Å². The molecule has 0 saturated carbocycles. The Morgan fingerprint density at radius 1 is 1.26 bits per heavy atom. The standard InChI is InChI=1S/C19H21F2N10O9PS/c20-8-6(1-32)39-17(30-5-25-9-14(30)26-18(22)27-16(9)35)11(8)40-41(36,42)38-2-7-12(33)19(21,3-37-7)31-13-10(28-29-31)15(34)24-4-23-13/h4-8,11-12,17,32-33H,1-3H2,(H,36,42)(H,23,24,34)(H3,22,26,27,35)/t6-,7-,8+,11-,12-,17-,19?,41-/m1/s1. The first-order valence-electron chi connectivity index (χ1n) is 12.0. The third kappa shape index (κ3) is 4.68. The summed E-state index contributed by atoms with van der Waals surface area (Å²) in [6.07, 6.45) is -8.10. The van der Waals surface area contributed by atoms with E-state index in [0.29, 0.717) is 4.68 Å². The molecule has 42 heavy (non-hydrogen) atoms. The first-order chi connectivity index (χ1) is 19.9. The van der Waals surface area contributed by atoms with Crippen LogP contribution in [0.15, 0.2) is 22.2 Å². The summed E-state index contributed by atoms with van der Waals surface area (Å²) >= 11 is 3.87. The van der Waals surface area contributed by atoms with Gasteiger partial charge in [-0.15, -0.1) is 5.10 Å². The highest BCUT2D eigenvalue weighted by Crippen LogP contribution is 2.57. The zero-order valence-corrected chi connectivity index (χ0v) is 22.6. The second kappa shape index (κ2) is 10.4. The Kier molecular flexibility index (Phi) is 7.13. The fourth-order valence-corrected chi connectivity index (χ4v) is 6.13. The maximum atomic E-state index is 15.9. The SMILES string of the molecule is Nc1nc2c(ncn2[C@@H]2O[C@H](CO)[C@H](F)[C@H]2O[P@](=O)(S)OC[C@H]2OCC(F)(n3nnc4c(=O)[nH]cnc43)[C@@H]2O)c(=O)[nH]1. The monoisotopic (exact) mass is 634 g/mol. The third-order valence-corrected chi connectivity index (χ3v) is 8.34. The van der Waals surface area contributed by atoms with E-state index < -0.39 is 80.3 Å². The Balaban J connectivity index is 1.19. The molecule has 8 atom stereocenters. The number of aliphatic hydroxyl groups is 2. The van der Waals surface area contributed by atoms with E-state index in [-0.39, 0.29) is 28.3 Å². The number of nitrogens with one attached hydrogen (secondary N) is 2. The first kappa shape index (κ1) is 28.7. The Morgan fingerprint density at radius 3 is 2.81 bits per heavy atom. The molecule has 226 valence electrons. The highest BCUT2D eigenvalue weighted by molar-refractivity contribution is 8.44.